The monoisotopic (exact) mass is 221 g/mol. The van der Waals surface area contributed by atoms with Crippen molar-refractivity contribution in [1.29, 1.82) is 0 Å². The molecule has 0 radical (unpaired) electrons. The lowest BCUT2D eigenvalue weighted by atomic mass is 10.0. The summed E-state index contributed by atoms with van der Waals surface area (Å²) in [4.78, 5) is 0. The number of hydrogen-bond acceptors (Lipinski definition) is 4. The highest BCUT2D eigenvalue weighted by atomic mass is 32.2. The van der Waals surface area contributed by atoms with Crippen molar-refractivity contribution < 1.29 is 8.42 Å². The van der Waals surface area contributed by atoms with E-state index in [2.05, 4.69) is 5.32 Å². The maximum absolute atomic E-state index is 10.7. The van der Waals surface area contributed by atoms with Crippen LogP contribution in [0.25, 0.3) is 0 Å². The highest BCUT2D eigenvalue weighted by molar-refractivity contribution is 7.89. The van der Waals surface area contributed by atoms with Crippen LogP contribution < -0.4 is 16.2 Å². The molecule has 84 valence electrons. The fourth-order valence-corrected chi connectivity index (χ4v) is 2.38. The molecule has 0 amide bonds. The zero-order chi connectivity index (χ0) is 10.6. The van der Waals surface area contributed by atoms with Crippen LogP contribution in [0, 0.1) is 5.92 Å². The second-order valence-electron chi connectivity index (χ2n) is 3.85. The Kier molecular flexibility index (Phi) is 4.31. The van der Waals surface area contributed by atoms with Gasteiger partial charge in [0, 0.05) is 12.6 Å². The number of nitrogens with one attached hydrogen (secondary N) is 1. The number of primary sulfonamides is 1. The van der Waals surface area contributed by atoms with Crippen LogP contribution in [-0.2, 0) is 10.0 Å². The average molecular weight is 221 g/mol. The zero-order valence-corrected chi connectivity index (χ0v) is 9.09. The summed E-state index contributed by atoms with van der Waals surface area (Å²) < 4.78 is 21.3. The molecule has 0 aromatic rings. The standard InChI is InChI=1S/C8H19N3O2S/c9-6-7-2-1-3-8(7)11-4-5-14(10,12)13/h7-8,11H,1-6,9H2,(H2,10,12,13). The summed E-state index contributed by atoms with van der Waals surface area (Å²) in [6, 6.07) is 0.377. The van der Waals surface area contributed by atoms with Gasteiger partial charge in [0.25, 0.3) is 0 Å². The van der Waals surface area contributed by atoms with Crippen LogP contribution in [0.5, 0.6) is 0 Å². The Hall–Kier alpha value is -0.170. The molecule has 6 heteroatoms. The second kappa shape index (κ2) is 5.06. The molecule has 1 saturated carbocycles. The van der Waals surface area contributed by atoms with Crippen LogP contribution in [0.15, 0.2) is 0 Å². The van der Waals surface area contributed by atoms with Gasteiger partial charge in [0.1, 0.15) is 0 Å². The van der Waals surface area contributed by atoms with E-state index in [1.807, 2.05) is 0 Å². The van der Waals surface area contributed by atoms with E-state index in [-0.39, 0.29) is 5.75 Å². The molecule has 0 spiro atoms. The molecule has 1 rings (SSSR count). The molecule has 0 aromatic heterocycles. The van der Waals surface area contributed by atoms with Crippen LogP contribution in [0.3, 0.4) is 0 Å². The lowest BCUT2D eigenvalue weighted by molar-refractivity contribution is 0.416. The van der Waals surface area contributed by atoms with Crippen molar-refractivity contribution in [2.75, 3.05) is 18.8 Å². The minimum atomic E-state index is -3.33. The van der Waals surface area contributed by atoms with Gasteiger partial charge < -0.3 is 11.1 Å². The molecule has 5 nitrogen and oxygen atoms in total. The number of hydrogen-bond donors (Lipinski definition) is 3. The molecule has 0 bridgehead atoms. The molecule has 14 heavy (non-hydrogen) atoms. The summed E-state index contributed by atoms with van der Waals surface area (Å²) >= 11 is 0. The highest BCUT2D eigenvalue weighted by Crippen LogP contribution is 2.24. The van der Waals surface area contributed by atoms with E-state index < -0.39 is 10.0 Å². The van der Waals surface area contributed by atoms with E-state index in [0.717, 1.165) is 12.8 Å². The third-order valence-corrected chi connectivity index (χ3v) is 3.53. The van der Waals surface area contributed by atoms with Crippen LogP contribution in [0.4, 0.5) is 0 Å². The fraction of sp³-hybridized carbons (Fsp3) is 1.00. The summed E-state index contributed by atoms with van der Waals surface area (Å²) in [6.45, 7) is 1.10. The predicted octanol–water partition coefficient (Wildman–Crippen LogP) is -1.01. The molecule has 0 saturated heterocycles. The first-order valence-corrected chi connectivity index (χ1v) is 6.68. The summed E-state index contributed by atoms with van der Waals surface area (Å²) in [7, 11) is -3.33. The molecule has 0 aromatic carbocycles. The van der Waals surface area contributed by atoms with E-state index in [4.69, 9.17) is 10.9 Å². The second-order valence-corrected chi connectivity index (χ2v) is 5.59. The molecule has 1 aliphatic rings. The maximum atomic E-state index is 10.7. The lowest BCUT2D eigenvalue weighted by Gasteiger charge is -2.18. The molecule has 2 atom stereocenters. The van der Waals surface area contributed by atoms with Gasteiger partial charge in [0.05, 0.1) is 5.75 Å². The maximum Gasteiger partial charge on any atom is 0.210 e. The van der Waals surface area contributed by atoms with E-state index >= 15 is 0 Å². The van der Waals surface area contributed by atoms with Gasteiger partial charge in [-0.05, 0) is 25.3 Å². The minimum Gasteiger partial charge on any atom is -0.330 e. The van der Waals surface area contributed by atoms with Gasteiger partial charge in [0.2, 0.25) is 10.0 Å². The zero-order valence-electron chi connectivity index (χ0n) is 8.28. The summed E-state index contributed by atoms with van der Waals surface area (Å²) in [5.74, 6) is 0.497. The summed E-state index contributed by atoms with van der Waals surface area (Å²) in [6.07, 6.45) is 3.41. The first kappa shape index (κ1) is 11.9. The van der Waals surface area contributed by atoms with E-state index in [9.17, 15) is 8.42 Å². The summed E-state index contributed by atoms with van der Waals surface area (Å²) in [5, 5.41) is 8.09. The molecule has 0 aliphatic heterocycles. The van der Waals surface area contributed by atoms with Gasteiger partial charge in [-0.1, -0.05) is 6.42 Å². The van der Waals surface area contributed by atoms with Crippen LogP contribution >= 0.6 is 0 Å². The molecular formula is C8H19N3O2S. The topological polar surface area (TPSA) is 98.2 Å². The van der Waals surface area contributed by atoms with Crippen molar-refractivity contribution in [2.45, 2.75) is 25.3 Å². The molecule has 1 aliphatic carbocycles. The lowest BCUT2D eigenvalue weighted by Crippen LogP contribution is -2.39. The van der Waals surface area contributed by atoms with Crippen LogP contribution in [0.1, 0.15) is 19.3 Å². The van der Waals surface area contributed by atoms with Crippen molar-refractivity contribution in [3.05, 3.63) is 0 Å². The largest absolute Gasteiger partial charge is 0.330 e. The first-order chi connectivity index (χ1) is 6.53. The smallest absolute Gasteiger partial charge is 0.210 e. The third kappa shape index (κ3) is 3.91. The quantitative estimate of drug-likeness (QED) is 0.554. The van der Waals surface area contributed by atoms with Crippen molar-refractivity contribution in [2.24, 2.45) is 16.8 Å². The van der Waals surface area contributed by atoms with Crippen molar-refractivity contribution in [1.82, 2.24) is 5.32 Å². The molecular weight excluding hydrogens is 202 g/mol. The van der Waals surface area contributed by atoms with Gasteiger partial charge in [0.15, 0.2) is 0 Å². The van der Waals surface area contributed by atoms with Crippen LogP contribution in [-0.4, -0.2) is 33.3 Å². The van der Waals surface area contributed by atoms with E-state index in [1.165, 1.54) is 6.42 Å². The normalized spacial score (nSPS) is 28.1. The Balaban J connectivity index is 2.24. The SMILES string of the molecule is NCC1CCCC1NCCS(N)(=O)=O. The van der Waals surface area contributed by atoms with Crippen LogP contribution in [0.2, 0.25) is 0 Å². The Bertz CT molecular complexity index is 266. The Morgan fingerprint density at radius 1 is 1.36 bits per heavy atom. The van der Waals surface area contributed by atoms with Crippen molar-refractivity contribution in [3.8, 4) is 0 Å². The summed E-state index contributed by atoms with van der Waals surface area (Å²) in [5.41, 5.74) is 5.60. The van der Waals surface area contributed by atoms with Gasteiger partial charge in [-0.25, -0.2) is 13.6 Å². The number of rotatable bonds is 5. The predicted molar refractivity (Wildman–Crippen MR) is 56.2 cm³/mol. The molecule has 5 N–H and O–H groups in total. The molecule has 0 heterocycles. The van der Waals surface area contributed by atoms with Crippen molar-refractivity contribution in [3.63, 3.8) is 0 Å². The number of nitrogens with two attached hydrogens (primary N) is 2. The Morgan fingerprint density at radius 2 is 2.07 bits per heavy atom. The van der Waals surface area contributed by atoms with Gasteiger partial charge in [-0.15, -0.1) is 0 Å². The van der Waals surface area contributed by atoms with Gasteiger partial charge >= 0.3 is 0 Å². The Labute approximate surface area is 85.3 Å². The van der Waals surface area contributed by atoms with Gasteiger partial charge in [-0.3, -0.25) is 0 Å². The molecule has 1 fully saturated rings. The molecule has 2 unspecified atom stereocenters. The fourth-order valence-electron chi connectivity index (χ4n) is 1.97. The first-order valence-electron chi connectivity index (χ1n) is 4.97. The van der Waals surface area contributed by atoms with Crippen molar-refractivity contribution >= 4 is 10.0 Å². The average Bonchev–Trinajstić information content (AvgIpc) is 2.49. The minimum absolute atomic E-state index is 0.000785. The van der Waals surface area contributed by atoms with Gasteiger partial charge in [-0.2, -0.15) is 0 Å². The van der Waals surface area contributed by atoms with E-state index in [1.54, 1.807) is 0 Å². The third-order valence-electron chi connectivity index (χ3n) is 2.75. The Morgan fingerprint density at radius 3 is 2.64 bits per heavy atom. The highest BCUT2D eigenvalue weighted by Gasteiger charge is 2.25. The van der Waals surface area contributed by atoms with E-state index in [0.29, 0.717) is 25.0 Å². The number of sulfonamides is 1.